The zero-order valence-corrected chi connectivity index (χ0v) is 15.2. The van der Waals surface area contributed by atoms with Gasteiger partial charge in [-0.05, 0) is 30.3 Å². The van der Waals surface area contributed by atoms with Gasteiger partial charge in [0.2, 0.25) is 15.9 Å². The molecule has 1 N–H and O–H groups in total. The van der Waals surface area contributed by atoms with Crippen molar-refractivity contribution in [1.82, 2.24) is 4.72 Å². The molecule has 0 aromatic heterocycles. The summed E-state index contributed by atoms with van der Waals surface area (Å²) in [6.45, 7) is 1.63. The van der Waals surface area contributed by atoms with Crippen molar-refractivity contribution < 1.29 is 13.2 Å². The molecule has 0 saturated heterocycles. The molecule has 5 nitrogen and oxygen atoms in total. The van der Waals surface area contributed by atoms with E-state index in [1.807, 2.05) is 0 Å². The molecule has 0 heterocycles. The van der Waals surface area contributed by atoms with Crippen LogP contribution in [0, 0.1) is 0 Å². The number of hydrogen-bond donors (Lipinski definition) is 1. The van der Waals surface area contributed by atoms with Crippen LogP contribution in [0.5, 0.6) is 0 Å². The van der Waals surface area contributed by atoms with Gasteiger partial charge in [-0.2, -0.15) is 0 Å². The SMILES string of the molecule is CC(=O)N(CCNS(=O)(=O)c1ccccc1)c1ccc(Cl)c(Cl)c1. The van der Waals surface area contributed by atoms with Crippen molar-refractivity contribution in [2.45, 2.75) is 11.8 Å². The molecule has 0 radical (unpaired) electrons. The summed E-state index contributed by atoms with van der Waals surface area (Å²) < 4.78 is 26.8. The topological polar surface area (TPSA) is 66.5 Å². The van der Waals surface area contributed by atoms with Crippen LogP contribution in [0.3, 0.4) is 0 Å². The predicted octanol–water partition coefficient (Wildman–Crippen LogP) is 3.32. The van der Waals surface area contributed by atoms with Gasteiger partial charge in [-0.1, -0.05) is 41.4 Å². The molecule has 2 aromatic carbocycles. The first-order chi connectivity index (χ1) is 11.3. The highest BCUT2D eigenvalue weighted by molar-refractivity contribution is 7.89. The summed E-state index contributed by atoms with van der Waals surface area (Å²) in [6.07, 6.45) is 0. The van der Waals surface area contributed by atoms with Gasteiger partial charge in [0.15, 0.2) is 0 Å². The number of sulfonamides is 1. The van der Waals surface area contributed by atoms with Crippen LogP contribution in [0.25, 0.3) is 0 Å². The molecule has 0 unspecified atom stereocenters. The first kappa shape index (κ1) is 18.7. The lowest BCUT2D eigenvalue weighted by atomic mass is 10.3. The second-order valence-electron chi connectivity index (χ2n) is 4.98. The monoisotopic (exact) mass is 386 g/mol. The molecular formula is C16H16Cl2N2O3S. The summed E-state index contributed by atoms with van der Waals surface area (Å²) >= 11 is 11.8. The highest BCUT2D eigenvalue weighted by Crippen LogP contribution is 2.27. The number of benzene rings is 2. The number of anilines is 1. The van der Waals surface area contributed by atoms with E-state index >= 15 is 0 Å². The molecule has 128 valence electrons. The molecule has 0 aliphatic heterocycles. The number of amides is 1. The van der Waals surface area contributed by atoms with Gasteiger partial charge in [0, 0.05) is 25.7 Å². The maximum absolute atomic E-state index is 12.2. The van der Waals surface area contributed by atoms with Crippen LogP contribution in [0.2, 0.25) is 10.0 Å². The van der Waals surface area contributed by atoms with E-state index in [4.69, 9.17) is 23.2 Å². The predicted molar refractivity (Wildman–Crippen MR) is 96.1 cm³/mol. The molecule has 0 atom stereocenters. The summed E-state index contributed by atoms with van der Waals surface area (Å²) in [5, 5.41) is 0.707. The van der Waals surface area contributed by atoms with Crippen molar-refractivity contribution in [1.29, 1.82) is 0 Å². The van der Waals surface area contributed by atoms with E-state index in [9.17, 15) is 13.2 Å². The highest BCUT2D eigenvalue weighted by Gasteiger charge is 2.16. The average Bonchev–Trinajstić information content (AvgIpc) is 2.55. The van der Waals surface area contributed by atoms with Crippen LogP contribution in [0.15, 0.2) is 53.4 Å². The normalized spacial score (nSPS) is 11.3. The first-order valence-corrected chi connectivity index (χ1v) is 9.33. The average molecular weight is 387 g/mol. The maximum Gasteiger partial charge on any atom is 0.240 e. The number of halogens is 2. The standard InChI is InChI=1S/C16H16Cl2N2O3S/c1-12(21)20(13-7-8-15(17)16(18)11-13)10-9-19-24(22,23)14-5-3-2-4-6-14/h2-8,11,19H,9-10H2,1H3. The number of nitrogens with one attached hydrogen (secondary N) is 1. The second-order valence-corrected chi connectivity index (χ2v) is 7.56. The Bertz CT molecular complexity index is 826. The zero-order valence-electron chi connectivity index (χ0n) is 12.9. The van der Waals surface area contributed by atoms with Gasteiger partial charge in [0.1, 0.15) is 0 Å². The van der Waals surface area contributed by atoms with Crippen molar-refractivity contribution in [3.63, 3.8) is 0 Å². The van der Waals surface area contributed by atoms with Crippen LogP contribution >= 0.6 is 23.2 Å². The lowest BCUT2D eigenvalue weighted by Crippen LogP contribution is -2.37. The number of rotatable bonds is 6. The fraction of sp³-hybridized carbons (Fsp3) is 0.188. The summed E-state index contributed by atoms with van der Waals surface area (Å²) in [5.41, 5.74) is 0.552. The second kappa shape index (κ2) is 7.98. The zero-order chi connectivity index (χ0) is 17.7. The molecule has 8 heteroatoms. The Morgan fingerprint density at radius 3 is 2.33 bits per heavy atom. The van der Waals surface area contributed by atoms with Crippen LogP contribution in [-0.2, 0) is 14.8 Å². The van der Waals surface area contributed by atoms with Crippen LogP contribution in [0.4, 0.5) is 5.69 Å². The lowest BCUT2D eigenvalue weighted by Gasteiger charge is -2.22. The largest absolute Gasteiger partial charge is 0.311 e. The third-order valence-corrected chi connectivity index (χ3v) is 5.49. The Morgan fingerprint density at radius 1 is 1.08 bits per heavy atom. The molecule has 0 bridgehead atoms. The molecule has 0 spiro atoms. The maximum atomic E-state index is 12.2. The fourth-order valence-electron chi connectivity index (χ4n) is 2.10. The van der Waals surface area contributed by atoms with Gasteiger partial charge in [-0.25, -0.2) is 13.1 Å². The lowest BCUT2D eigenvalue weighted by molar-refractivity contribution is -0.116. The van der Waals surface area contributed by atoms with Crippen LogP contribution < -0.4 is 9.62 Å². The molecule has 0 saturated carbocycles. The van der Waals surface area contributed by atoms with Gasteiger partial charge in [0.05, 0.1) is 14.9 Å². The van der Waals surface area contributed by atoms with E-state index in [1.54, 1.807) is 36.4 Å². The van der Waals surface area contributed by atoms with Crippen molar-refractivity contribution in [3.8, 4) is 0 Å². The van der Waals surface area contributed by atoms with E-state index in [0.717, 1.165) is 0 Å². The summed E-state index contributed by atoms with van der Waals surface area (Å²) in [7, 11) is -3.61. The van der Waals surface area contributed by atoms with Gasteiger partial charge >= 0.3 is 0 Å². The molecule has 2 rings (SSSR count). The van der Waals surface area contributed by atoms with Gasteiger partial charge in [-0.15, -0.1) is 0 Å². The minimum absolute atomic E-state index is 0.0665. The van der Waals surface area contributed by atoms with E-state index in [-0.39, 0.29) is 23.9 Å². The van der Waals surface area contributed by atoms with Crippen molar-refractivity contribution in [2.75, 3.05) is 18.0 Å². The Hall–Kier alpha value is -1.60. The van der Waals surface area contributed by atoms with E-state index in [2.05, 4.69) is 4.72 Å². The highest BCUT2D eigenvalue weighted by atomic mass is 35.5. The summed E-state index contributed by atoms with van der Waals surface area (Å²) in [4.78, 5) is 13.4. The molecule has 0 aliphatic carbocycles. The van der Waals surface area contributed by atoms with Crippen molar-refractivity contribution >= 4 is 44.8 Å². The summed E-state index contributed by atoms with van der Waals surface area (Å²) in [6, 6.07) is 12.8. The third kappa shape index (κ3) is 4.70. The molecule has 0 aliphatic rings. The summed E-state index contributed by atoms with van der Waals surface area (Å²) in [5.74, 6) is -0.229. The van der Waals surface area contributed by atoms with Gasteiger partial charge < -0.3 is 4.90 Å². The molecule has 24 heavy (non-hydrogen) atoms. The molecule has 0 fully saturated rings. The number of nitrogens with zero attached hydrogens (tertiary/aromatic N) is 1. The quantitative estimate of drug-likeness (QED) is 0.827. The Morgan fingerprint density at radius 2 is 1.75 bits per heavy atom. The Kier molecular flexibility index (Phi) is 6.23. The Balaban J connectivity index is 2.07. The van der Waals surface area contributed by atoms with E-state index in [0.29, 0.717) is 15.7 Å². The molecular weight excluding hydrogens is 371 g/mol. The molecule has 2 aromatic rings. The van der Waals surface area contributed by atoms with Gasteiger partial charge in [0.25, 0.3) is 0 Å². The Labute approximate surface area is 151 Å². The van der Waals surface area contributed by atoms with Crippen LogP contribution in [0.1, 0.15) is 6.92 Å². The van der Waals surface area contributed by atoms with E-state index in [1.165, 1.54) is 24.0 Å². The number of carbonyl (C=O) groups is 1. The van der Waals surface area contributed by atoms with Crippen LogP contribution in [-0.4, -0.2) is 27.4 Å². The minimum Gasteiger partial charge on any atom is -0.311 e. The van der Waals surface area contributed by atoms with Crippen molar-refractivity contribution in [2.24, 2.45) is 0 Å². The smallest absolute Gasteiger partial charge is 0.240 e. The van der Waals surface area contributed by atoms with Gasteiger partial charge in [-0.3, -0.25) is 4.79 Å². The fourth-order valence-corrected chi connectivity index (χ4v) is 3.43. The van der Waals surface area contributed by atoms with Crippen molar-refractivity contribution in [3.05, 3.63) is 58.6 Å². The number of hydrogen-bond acceptors (Lipinski definition) is 3. The first-order valence-electron chi connectivity index (χ1n) is 7.09. The minimum atomic E-state index is -3.61. The number of carbonyl (C=O) groups excluding carboxylic acids is 1. The van der Waals surface area contributed by atoms with E-state index < -0.39 is 10.0 Å². The third-order valence-electron chi connectivity index (χ3n) is 3.28. The molecule has 1 amide bonds.